The van der Waals surface area contributed by atoms with Crippen molar-refractivity contribution in [1.82, 2.24) is 0 Å². The highest BCUT2D eigenvalue weighted by Gasteiger charge is 2.10. The summed E-state index contributed by atoms with van der Waals surface area (Å²) in [6.45, 7) is 0.561. The van der Waals surface area contributed by atoms with Crippen LogP contribution < -0.4 is 4.74 Å². The van der Waals surface area contributed by atoms with E-state index in [1.807, 2.05) is 30.3 Å². The summed E-state index contributed by atoms with van der Waals surface area (Å²) in [5.41, 5.74) is 2.59. The number of non-ortho nitro benzene ring substituents is 1. The molecule has 0 spiro atoms. The zero-order valence-electron chi connectivity index (χ0n) is 17.3. The van der Waals surface area contributed by atoms with Gasteiger partial charge in [0.15, 0.2) is 0 Å². The quantitative estimate of drug-likeness (QED) is 0.126. The number of hydrogen-bond acceptors (Lipinski definition) is 5. The van der Waals surface area contributed by atoms with Crippen LogP contribution in [0.3, 0.4) is 0 Å². The van der Waals surface area contributed by atoms with Crippen LogP contribution in [-0.2, 0) is 18.1 Å². The van der Waals surface area contributed by atoms with E-state index in [0.29, 0.717) is 17.9 Å². The molecular weight excluding hydrogens is 552 g/mol. The maximum atomic E-state index is 10.9. The van der Waals surface area contributed by atoms with Crippen molar-refractivity contribution < 1.29 is 14.5 Å². The Morgan fingerprint density at radius 2 is 1.64 bits per heavy atom. The Labute approximate surface area is 207 Å². The lowest BCUT2D eigenvalue weighted by Gasteiger charge is -2.13. The molecule has 0 unspecified atom stereocenters. The summed E-state index contributed by atoms with van der Waals surface area (Å²) < 4.78 is 7.66. The fourth-order valence-corrected chi connectivity index (χ4v) is 4.78. The summed E-state index contributed by atoms with van der Waals surface area (Å²) in [6, 6.07) is 24.4. The van der Waals surface area contributed by atoms with Crippen molar-refractivity contribution in [1.29, 1.82) is 0 Å². The number of ether oxygens (including phenoxy) is 1. The molecule has 0 saturated carbocycles. The van der Waals surface area contributed by atoms with Crippen molar-refractivity contribution in [2.24, 2.45) is 5.16 Å². The normalized spacial score (nSPS) is 11.1. The van der Waals surface area contributed by atoms with Crippen LogP contribution in [0.4, 0.5) is 5.69 Å². The molecule has 0 aliphatic heterocycles. The third-order valence-electron chi connectivity index (χ3n) is 4.90. The third-order valence-corrected chi connectivity index (χ3v) is 6.08. The lowest BCUT2D eigenvalue weighted by atomic mass is 10.1. The first kappa shape index (κ1) is 22.9. The standard InChI is InChI=1S/C25H18Br2N2O4/c26-23-12-18(14-28-33-15-17-5-3-9-21(11-17)29(30)31)13-24(27)25(23)32-16-20-8-4-7-19-6-1-2-10-22(19)20/h1-14H,15-16H2/b28-14-. The van der Waals surface area contributed by atoms with Gasteiger partial charge < -0.3 is 9.57 Å². The smallest absolute Gasteiger partial charge is 0.269 e. The van der Waals surface area contributed by atoms with Crippen LogP contribution in [0.5, 0.6) is 5.75 Å². The second-order valence-corrected chi connectivity index (χ2v) is 8.88. The minimum atomic E-state index is -0.439. The SMILES string of the molecule is O=[N+]([O-])c1cccc(CO/N=C\c2cc(Br)c(OCc3cccc4ccccc34)c(Br)c2)c1. The van der Waals surface area contributed by atoms with Gasteiger partial charge in [-0.05, 0) is 71.5 Å². The van der Waals surface area contributed by atoms with Gasteiger partial charge in [-0.3, -0.25) is 10.1 Å². The van der Waals surface area contributed by atoms with Gasteiger partial charge in [0.1, 0.15) is 19.0 Å². The fourth-order valence-electron chi connectivity index (χ4n) is 3.33. The maximum absolute atomic E-state index is 10.9. The van der Waals surface area contributed by atoms with E-state index >= 15 is 0 Å². The predicted octanol–water partition coefficient (Wildman–Crippen LogP) is 7.40. The number of nitrogens with zero attached hydrogens (tertiary/aromatic N) is 2. The highest BCUT2D eigenvalue weighted by Crippen LogP contribution is 2.35. The van der Waals surface area contributed by atoms with Gasteiger partial charge >= 0.3 is 0 Å². The molecule has 0 aromatic heterocycles. The molecule has 0 heterocycles. The number of fused-ring (bicyclic) bond motifs is 1. The van der Waals surface area contributed by atoms with Gasteiger partial charge in [0.05, 0.1) is 20.1 Å². The van der Waals surface area contributed by atoms with Gasteiger partial charge in [0.2, 0.25) is 0 Å². The minimum absolute atomic E-state index is 0.0204. The number of nitro groups is 1. The van der Waals surface area contributed by atoms with Crippen LogP contribution in [0.15, 0.2) is 93.0 Å². The summed E-state index contributed by atoms with van der Waals surface area (Å²) >= 11 is 7.13. The number of hydrogen-bond donors (Lipinski definition) is 0. The third kappa shape index (κ3) is 5.77. The van der Waals surface area contributed by atoms with Crippen LogP contribution in [-0.4, -0.2) is 11.1 Å². The second kappa shape index (κ2) is 10.6. The fraction of sp³-hybridized carbons (Fsp3) is 0.0800. The molecule has 0 bridgehead atoms. The van der Waals surface area contributed by atoms with Crippen molar-refractivity contribution in [3.8, 4) is 5.75 Å². The zero-order valence-corrected chi connectivity index (χ0v) is 20.5. The molecule has 0 saturated heterocycles. The molecule has 166 valence electrons. The molecule has 0 aliphatic rings. The van der Waals surface area contributed by atoms with Gasteiger partial charge in [-0.2, -0.15) is 0 Å². The monoisotopic (exact) mass is 568 g/mol. The molecule has 6 nitrogen and oxygen atoms in total. The molecule has 8 heteroatoms. The summed E-state index contributed by atoms with van der Waals surface area (Å²) in [6.07, 6.45) is 1.57. The van der Waals surface area contributed by atoms with Gasteiger partial charge in [-0.25, -0.2) is 0 Å². The zero-order chi connectivity index (χ0) is 23.2. The highest BCUT2D eigenvalue weighted by atomic mass is 79.9. The Hall–Kier alpha value is -3.23. The minimum Gasteiger partial charge on any atom is -0.487 e. The Kier molecular flexibility index (Phi) is 7.36. The molecule has 0 N–H and O–H groups in total. The van der Waals surface area contributed by atoms with Crippen LogP contribution in [0, 0.1) is 10.1 Å². The second-order valence-electron chi connectivity index (χ2n) is 7.18. The largest absolute Gasteiger partial charge is 0.487 e. The molecule has 0 aliphatic carbocycles. The van der Waals surface area contributed by atoms with E-state index < -0.39 is 4.92 Å². The molecule has 0 amide bonds. The van der Waals surface area contributed by atoms with E-state index in [0.717, 1.165) is 25.5 Å². The Morgan fingerprint density at radius 1 is 0.909 bits per heavy atom. The summed E-state index contributed by atoms with van der Waals surface area (Å²) in [4.78, 5) is 15.7. The Balaban J connectivity index is 1.40. The molecule has 4 rings (SSSR count). The van der Waals surface area contributed by atoms with E-state index in [-0.39, 0.29) is 12.3 Å². The first-order valence-electron chi connectivity index (χ1n) is 9.98. The molecular formula is C25H18Br2N2O4. The molecule has 0 radical (unpaired) electrons. The molecule has 33 heavy (non-hydrogen) atoms. The van der Waals surface area contributed by atoms with Crippen molar-refractivity contribution >= 4 is 54.5 Å². The average molecular weight is 570 g/mol. The number of benzene rings is 4. The van der Waals surface area contributed by atoms with Crippen molar-refractivity contribution in [2.75, 3.05) is 0 Å². The number of nitro benzene ring substituents is 1. The highest BCUT2D eigenvalue weighted by molar-refractivity contribution is 9.11. The molecule has 4 aromatic carbocycles. The summed E-state index contributed by atoms with van der Waals surface area (Å²) in [5, 5.41) is 17.2. The van der Waals surface area contributed by atoms with Crippen molar-refractivity contribution in [3.63, 3.8) is 0 Å². The van der Waals surface area contributed by atoms with E-state index in [1.165, 1.54) is 17.5 Å². The Bertz CT molecular complexity index is 1310. The van der Waals surface area contributed by atoms with Crippen molar-refractivity contribution in [2.45, 2.75) is 13.2 Å². The van der Waals surface area contributed by atoms with Gasteiger partial charge in [-0.1, -0.05) is 59.8 Å². The van der Waals surface area contributed by atoms with Crippen LogP contribution in [0.25, 0.3) is 10.8 Å². The topological polar surface area (TPSA) is 74.0 Å². The van der Waals surface area contributed by atoms with Gasteiger partial charge in [0, 0.05) is 12.1 Å². The van der Waals surface area contributed by atoms with Gasteiger partial charge in [0.25, 0.3) is 5.69 Å². The first-order chi connectivity index (χ1) is 16.0. The van der Waals surface area contributed by atoms with E-state index in [1.54, 1.807) is 18.3 Å². The lowest BCUT2D eigenvalue weighted by molar-refractivity contribution is -0.384. The molecule has 0 atom stereocenters. The van der Waals surface area contributed by atoms with E-state index in [2.05, 4.69) is 61.3 Å². The summed E-state index contributed by atoms with van der Waals surface area (Å²) in [7, 11) is 0. The van der Waals surface area contributed by atoms with Gasteiger partial charge in [-0.15, -0.1) is 0 Å². The number of rotatable bonds is 8. The maximum Gasteiger partial charge on any atom is 0.269 e. The predicted molar refractivity (Wildman–Crippen MR) is 136 cm³/mol. The number of halogens is 2. The van der Waals surface area contributed by atoms with E-state index in [9.17, 15) is 10.1 Å². The van der Waals surface area contributed by atoms with Crippen LogP contribution >= 0.6 is 31.9 Å². The van der Waals surface area contributed by atoms with Crippen LogP contribution in [0.2, 0.25) is 0 Å². The first-order valence-corrected chi connectivity index (χ1v) is 11.6. The van der Waals surface area contributed by atoms with E-state index in [4.69, 9.17) is 9.57 Å². The lowest BCUT2D eigenvalue weighted by Crippen LogP contribution is -1.99. The number of oxime groups is 1. The Morgan fingerprint density at radius 3 is 2.42 bits per heavy atom. The van der Waals surface area contributed by atoms with Crippen molar-refractivity contribution in [3.05, 3.63) is 115 Å². The summed E-state index contributed by atoms with van der Waals surface area (Å²) in [5.74, 6) is 0.692. The van der Waals surface area contributed by atoms with Crippen LogP contribution in [0.1, 0.15) is 16.7 Å². The molecule has 0 fully saturated rings. The average Bonchev–Trinajstić information content (AvgIpc) is 2.81. The molecule has 4 aromatic rings.